The van der Waals surface area contributed by atoms with Gasteiger partial charge in [-0.05, 0) is 54.2 Å². The highest BCUT2D eigenvalue weighted by atomic mass is 35.5. The van der Waals surface area contributed by atoms with E-state index in [2.05, 4.69) is 9.62 Å². The zero-order valence-corrected chi connectivity index (χ0v) is 18.2. The molecule has 30 heavy (non-hydrogen) atoms. The maximum atomic E-state index is 14.5. The Balaban J connectivity index is 1.34. The number of rotatable bonds is 8. The Morgan fingerprint density at radius 2 is 2.00 bits per heavy atom. The Morgan fingerprint density at radius 1 is 1.23 bits per heavy atom. The van der Waals surface area contributed by atoms with Crippen molar-refractivity contribution in [1.82, 2.24) is 9.62 Å². The zero-order chi connectivity index (χ0) is 21.3. The summed E-state index contributed by atoms with van der Waals surface area (Å²) in [5.74, 6) is -0.145. The van der Waals surface area contributed by atoms with Crippen molar-refractivity contribution in [3.63, 3.8) is 0 Å². The number of likely N-dealkylation sites (tertiary alicyclic amines) is 1. The van der Waals surface area contributed by atoms with Gasteiger partial charge < -0.3 is 4.74 Å². The quantitative estimate of drug-likeness (QED) is 0.571. The van der Waals surface area contributed by atoms with Gasteiger partial charge in [0.15, 0.2) is 0 Å². The minimum absolute atomic E-state index is 0.0576. The van der Waals surface area contributed by atoms with Crippen molar-refractivity contribution in [2.45, 2.75) is 25.3 Å². The maximum Gasteiger partial charge on any atom is 0.264 e. The van der Waals surface area contributed by atoms with E-state index in [9.17, 15) is 13.6 Å². The molecule has 1 saturated heterocycles. The minimum atomic E-state index is -0.570. The number of ether oxygens (including phenoxy) is 1. The third-order valence-corrected chi connectivity index (χ3v) is 6.00. The second kappa shape index (κ2) is 9.12. The lowest BCUT2D eigenvalue weighted by Crippen LogP contribution is -2.48. The molecule has 2 aliphatic rings. The molecule has 1 amide bonds. The number of benzene rings is 2. The first-order valence-electron chi connectivity index (χ1n) is 9.90. The van der Waals surface area contributed by atoms with Crippen molar-refractivity contribution in [2.24, 2.45) is 5.92 Å². The lowest BCUT2D eigenvalue weighted by molar-refractivity contribution is 0.0553. The van der Waals surface area contributed by atoms with Crippen LogP contribution in [0.25, 0.3) is 0 Å². The van der Waals surface area contributed by atoms with E-state index in [0.717, 1.165) is 49.0 Å². The summed E-state index contributed by atoms with van der Waals surface area (Å²) in [6.07, 6.45) is 3.78. The van der Waals surface area contributed by atoms with E-state index >= 15 is 0 Å². The van der Waals surface area contributed by atoms with Gasteiger partial charge in [-0.1, -0.05) is 23.5 Å². The average molecular weight is 453 g/mol. The Hall–Kier alpha value is -1.83. The molecule has 0 unspecified atom stereocenters. The third-order valence-electron chi connectivity index (χ3n) is 5.39. The number of carbonyl (C=O) groups is 1. The molecule has 1 aliphatic carbocycles. The topological polar surface area (TPSA) is 41.6 Å². The molecule has 2 aromatic carbocycles. The largest absolute Gasteiger partial charge is 0.493 e. The molecule has 0 aromatic heterocycles. The van der Waals surface area contributed by atoms with Crippen molar-refractivity contribution >= 4 is 29.5 Å². The van der Waals surface area contributed by atoms with Crippen molar-refractivity contribution in [3.8, 4) is 5.75 Å². The Labute approximate surface area is 184 Å². The van der Waals surface area contributed by atoms with Gasteiger partial charge in [-0.25, -0.2) is 8.78 Å². The average Bonchev–Trinajstić information content (AvgIpc) is 3.48. The summed E-state index contributed by atoms with van der Waals surface area (Å²) in [5.41, 5.74) is 1.81. The van der Waals surface area contributed by atoms with Crippen molar-refractivity contribution in [1.29, 1.82) is 0 Å². The van der Waals surface area contributed by atoms with Crippen LogP contribution < -0.4 is 9.46 Å². The molecule has 1 aliphatic heterocycles. The normalized spacial score (nSPS) is 16.9. The van der Waals surface area contributed by atoms with E-state index in [1.54, 1.807) is 18.4 Å². The Kier molecular flexibility index (Phi) is 6.51. The van der Waals surface area contributed by atoms with Gasteiger partial charge in [0.2, 0.25) is 0 Å². The van der Waals surface area contributed by atoms with Crippen molar-refractivity contribution in [2.75, 3.05) is 26.0 Å². The van der Waals surface area contributed by atoms with Gasteiger partial charge in [-0.2, -0.15) is 0 Å². The fraction of sp³-hybridized carbons (Fsp3) is 0.409. The van der Waals surface area contributed by atoms with Crippen molar-refractivity contribution in [3.05, 3.63) is 63.7 Å². The summed E-state index contributed by atoms with van der Waals surface area (Å²) in [5, 5.41) is 0.398. The van der Waals surface area contributed by atoms with Crippen LogP contribution in [0, 0.1) is 17.6 Å². The highest BCUT2D eigenvalue weighted by Gasteiger charge is 2.31. The maximum absolute atomic E-state index is 14.5. The van der Waals surface area contributed by atoms with Gasteiger partial charge in [0.25, 0.3) is 5.91 Å². The molecule has 1 saturated carbocycles. The van der Waals surface area contributed by atoms with E-state index in [0.29, 0.717) is 35.8 Å². The summed E-state index contributed by atoms with van der Waals surface area (Å²) in [6.45, 7) is 2.76. The molecule has 1 N–H and O–H groups in total. The molecule has 0 radical (unpaired) electrons. The number of nitrogens with one attached hydrogen (secondary N) is 1. The van der Waals surface area contributed by atoms with Crippen LogP contribution in [-0.4, -0.2) is 36.8 Å². The fourth-order valence-corrected chi connectivity index (χ4v) is 4.35. The molecule has 4 rings (SSSR count). The molecule has 0 spiro atoms. The molecule has 1 heterocycles. The van der Waals surface area contributed by atoms with Gasteiger partial charge in [0.05, 0.1) is 12.2 Å². The smallest absolute Gasteiger partial charge is 0.264 e. The van der Waals surface area contributed by atoms with Gasteiger partial charge in [0, 0.05) is 42.9 Å². The van der Waals surface area contributed by atoms with Crippen LogP contribution in [-0.2, 0) is 6.54 Å². The lowest BCUT2D eigenvalue weighted by Gasteiger charge is -2.39. The molecular weight excluding hydrogens is 430 g/mol. The summed E-state index contributed by atoms with van der Waals surface area (Å²) in [7, 11) is 0. The number of amides is 1. The van der Waals surface area contributed by atoms with Crippen LogP contribution in [0.5, 0.6) is 5.75 Å². The zero-order valence-electron chi connectivity index (χ0n) is 16.6. The second-order valence-corrected chi connectivity index (χ2v) is 8.98. The number of nitrogens with zero attached hydrogens (tertiary/aromatic N) is 1. The van der Waals surface area contributed by atoms with Crippen LogP contribution in [0.2, 0.25) is 5.02 Å². The molecule has 160 valence electrons. The molecule has 8 heteroatoms. The summed E-state index contributed by atoms with van der Waals surface area (Å²) in [4.78, 5) is 14.3. The first-order valence-corrected chi connectivity index (χ1v) is 11.5. The van der Waals surface area contributed by atoms with Crippen molar-refractivity contribution < 1.29 is 18.3 Å². The van der Waals surface area contributed by atoms with E-state index in [4.69, 9.17) is 16.3 Å². The minimum Gasteiger partial charge on any atom is -0.493 e. The van der Waals surface area contributed by atoms with E-state index in [1.807, 2.05) is 0 Å². The standard InChI is InChI=1S/C22H23ClF2N2O2S/c1-30-26-22(28)19-7-18(15-2-3-15)21(8-20(19)25)29-12-14-10-27(11-14)9-13-4-16(23)6-17(24)5-13/h4-8,14-15H,2-3,9-12H2,1H3,(H,26,28). The Bertz CT molecular complexity index is 929. The number of halogens is 3. The second-order valence-electron chi connectivity index (χ2n) is 7.93. The molecule has 4 nitrogen and oxygen atoms in total. The monoisotopic (exact) mass is 452 g/mol. The van der Waals surface area contributed by atoms with Gasteiger partial charge in [0.1, 0.15) is 17.4 Å². The predicted octanol–water partition coefficient (Wildman–Crippen LogP) is 5.01. The fourth-order valence-electron chi connectivity index (χ4n) is 3.81. The number of hydrogen-bond acceptors (Lipinski definition) is 4. The van der Waals surface area contributed by atoms with Crippen LogP contribution >= 0.6 is 23.5 Å². The Morgan fingerprint density at radius 3 is 2.67 bits per heavy atom. The van der Waals surface area contributed by atoms with Gasteiger partial charge in [-0.15, -0.1) is 0 Å². The first kappa shape index (κ1) is 21.4. The molecule has 0 bridgehead atoms. The number of carbonyl (C=O) groups excluding carboxylic acids is 1. The summed E-state index contributed by atoms with van der Waals surface area (Å²) in [6, 6.07) is 7.54. The van der Waals surface area contributed by atoms with Crippen LogP contribution in [0.3, 0.4) is 0 Å². The van der Waals surface area contributed by atoms with E-state index < -0.39 is 11.7 Å². The molecule has 2 aromatic rings. The SMILES string of the molecule is CSNC(=O)c1cc(C2CC2)c(OCC2CN(Cc3cc(F)cc(Cl)c3)C2)cc1F. The van der Waals surface area contributed by atoms with Crippen LogP contribution in [0.1, 0.15) is 40.2 Å². The van der Waals surface area contributed by atoms with Crippen LogP contribution in [0.15, 0.2) is 30.3 Å². The summed E-state index contributed by atoms with van der Waals surface area (Å²) >= 11 is 7.06. The molecule has 2 fully saturated rings. The summed E-state index contributed by atoms with van der Waals surface area (Å²) < 4.78 is 36.5. The highest BCUT2D eigenvalue weighted by molar-refractivity contribution is 7.97. The van der Waals surface area contributed by atoms with E-state index in [-0.39, 0.29) is 11.4 Å². The first-order chi connectivity index (χ1) is 14.4. The predicted molar refractivity (Wildman–Crippen MR) is 115 cm³/mol. The highest BCUT2D eigenvalue weighted by Crippen LogP contribution is 2.45. The van der Waals surface area contributed by atoms with E-state index in [1.165, 1.54) is 18.2 Å². The molecule has 0 atom stereocenters. The molecular formula is C22H23ClF2N2O2S. The van der Waals surface area contributed by atoms with Crippen LogP contribution in [0.4, 0.5) is 8.78 Å². The number of hydrogen-bond donors (Lipinski definition) is 1. The van der Waals surface area contributed by atoms with Gasteiger partial charge in [-0.3, -0.25) is 14.4 Å². The third kappa shape index (κ3) is 5.07. The lowest BCUT2D eigenvalue weighted by atomic mass is 10.00. The van der Waals surface area contributed by atoms with Gasteiger partial charge >= 0.3 is 0 Å².